The molecule has 0 aliphatic heterocycles. The molecule has 0 fully saturated rings. The predicted molar refractivity (Wildman–Crippen MR) is 53.7 cm³/mol. The lowest BCUT2D eigenvalue weighted by molar-refractivity contribution is -0.130. The summed E-state index contributed by atoms with van der Waals surface area (Å²) >= 11 is 0. The molecule has 2 aliphatic carbocycles. The molecule has 0 radical (unpaired) electrons. The van der Waals surface area contributed by atoms with Crippen LogP contribution >= 0.6 is 0 Å². The molecule has 74 valence electrons. The van der Waals surface area contributed by atoms with Gasteiger partial charge in [-0.15, -0.1) is 0 Å². The number of Topliss-reactive ketones (excluding diaryl/α,β-unsaturated/α-hetero) is 1. The third kappa shape index (κ3) is 1.35. The van der Waals surface area contributed by atoms with Crippen molar-refractivity contribution in [3.05, 3.63) is 23.8 Å². The molecule has 0 aromatic carbocycles. The van der Waals surface area contributed by atoms with E-state index in [-0.39, 0.29) is 23.4 Å². The summed E-state index contributed by atoms with van der Waals surface area (Å²) in [6.45, 7) is 1.93. The van der Waals surface area contributed by atoms with E-state index in [9.17, 15) is 9.59 Å². The van der Waals surface area contributed by atoms with E-state index >= 15 is 0 Å². The highest BCUT2D eigenvalue weighted by molar-refractivity contribution is 6.10. The Morgan fingerprint density at radius 1 is 1.21 bits per heavy atom. The zero-order valence-electron chi connectivity index (χ0n) is 8.32. The zero-order valence-corrected chi connectivity index (χ0v) is 8.32. The SMILES string of the molecule is CCC1=CC(=O)C2CC=CCC2C1=O. The van der Waals surface area contributed by atoms with E-state index in [0.29, 0.717) is 12.0 Å². The van der Waals surface area contributed by atoms with Crippen LogP contribution < -0.4 is 0 Å². The van der Waals surface area contributed by atoms with Gasteiger partial charge < -0.3 is 0 Å². The molecule has 2 rings (SSSR count). The van der Waals surface area contributed by atoms with E-state index in [0.717, 1.165) is 12.8 Å². The number of rotatable bonds is 1. The maximum atomic E-state index is 11.9. The number of hydrogen-bond donors (Lipinski definition) is 0. The van der Waals surface area contributed by atoms with Gasteiger partial charge in [-0.1, -0.05) is 19.1 Å². The summed E-state index contributed by atoms with van der Waals surface area (Å²) < 4.78 is 0. The summed E-state index contributed by atoms with van der Waals surface area (Å²) in [5, 5.41) is 0. The van der Waals surface area contributed by atoms with Gasteiger partial charge in [0.25, 0.3) is 0 Å². The molecule has 0 amide bonds. The Balaban J connectivity index is 2.34. The quantitative estimate of drug-likeness (QED) is 0.593. The minimum atomic E-state index is -0.0669. The van der Waals surface area contributed by atoms with Crippen molar-refractivity contribution >= 4 is 11.6 Å². The van der Waals surface area contributed by atoms with Gasteiger partial charge in [-0.2, -0.15) is 0 Å². The summed E-state index contributed by atoms with van der Waals surface area (Å²) in [5.41, 5.74) is 0.714. The fourth-order valence-electron chi connectivity index (χ4n) is 2.28. The normalized spacial score (nSPS) is 31.4. The smallest absolute Gasteiger partial charge is 0.163 e. The van der Waals surface area contributed by atoms with Gasteiger partial charge in [0.05, 0.1) is 0 Å². The highest BCUT2D eigenvalue weighted by Crippen LogP contribution is 2.33. The van der Waals surface area contributed by atoms with Gasteiger partial charge in [0.1, 0.15) is 0 Å². The molecule has 0 saturated heterocycles. The second-order valence-corrected chi connectivity index (χ2v) is 3.95. The Labute approximate surface area is 83.7 Å². The first-order valence-corrected chi connectivity index (χ1v) is 5.17. The Morgan fingerprint density at radius 2 is 1.86 bits per heavy atom. The van der Waals surface area contributed by atoms with Gasteiger partial charge >= 0.3 is 0 Å². The van der Waals surface area contributed by atoms with Gasteiger partial charge in [0, 0.05) is 11.8 Å². The third-order valence-corrected chi connectivity index (χ3v) is 3.15. The first-order valence-electron chi connectivity index (χ1n) is 5.17. The third-order valence-electron chi connectivity index (χ3n) is 3.15. The highest BCUT2D eigenvalue weighted by atomic mass is 16.1. The molecule has 2 nitrogen and oxygen atoms in total. The van der Waals surface area contributed by atoms with E-state index in [2.05, 4.69) is 0 Å². The van der Waals surface area contributed by atoms with Crippen LogP contribution in [0.25, 0.3) is 0 Å². The molecule has 0 aromatic heterocycles. The zero-order chi connectivity index (χ0) is 10.1. The fourth-order valence-corrected chi connectivity index (χ4v) is 2.28. The maximum Gasteiger partial charge on any atom is 0.163 e. The summed E-state index contributed by atoms with van der Waals surface area (Å²) in [6.07, 6.45) is 7.75. The first-order chi connectivity index (χ1) is 6.74. The van der Waals surface area contributed by atoms with Gasteiger partial charge in [0.15, 0.2) is 11.6 Å². The molecule has 0 heterocycles. The molecule has 2 atom stereocenters. The lowest BCUT2D eigenvalue weighted by Gasteiger charge is -2.29. The van der Waals surface area contributed by atoms with Gasteiger partial charge in [0.2, 0.25) is 0 Å². The van der Waals surface area contributed by atoms with E-state index in [1.807, 2.05) is 19.1 Å². The summed E-state index contributed by atoms with van der Waals surface area (Å²) in [5.74, 6) is 0.215. The average molecular weight is 190 g/mol. The Morgan fingerprint density at radius 3 is 2.50 bits per heavy atom. The Kier molecular flexibility index (Phi) is 2.36. The minimum absolute atomic E-state index is 0.0625. The fraction of sp³-hybridized carbons (Fsp3) is 0.500. The first kappa shape index (κ1) is 9.38. The topological polar surface area (TPSA) is 34.1 Å². The van der Waals surface area contributed by atoms with Crippen LogP contribution in [0, 0.1) is 11.8 Å². The van der Waals surface area contributed by atoms with Crippen molar-refractivity contribution in [2.24, 2.45) is 11.8 Å². The van der Waals surface area contributed by atoms with E-state index < -0.39 is 0 Å². The molecule has 14 heavy (non-hydrogen) atoms. The average Bonchev–Trinajstić information content (AvgIpc) is 2.23. The van der Waals surface area contributed by atoms with Crippen molar-refractivity contribution in [1.82, 2.24) is 0 Å². The molecule has 0 aromatic rings. The van der Waals surface area contributed by atoms with Gasteiger partial charge in [-0.25, -0.2) is 0 Å². The molecule has 0 spiro atoms. The number of fused-ring (bicyclic) bond motifs is 1. The highest BCUT2D eigenvalue weighted by Gasteiger charge is 2.37. The summed E-state index contributed by atoms with van der Waals surface area (Å²) in [7, 11) is 0. The van der Waals surface area contributed by atoms with Crippen molar-refractivity contribution in [3.63, 3.8) is 0 Å². The van der Waals surface area contributed by atoms with Crippen LogP contribution in [-0.4, -0.2) is 11.6 Å². The molecular formula is C12H14O2. The molecule has 0 saturated carbocycles. The van der Waals surface area contributed by atoms with Crippen molar-refractivity contribution in [1.29, 1.82) is 0 Å². The summed E-state index contributed by atoms with van der Waals surface area (Å²) in [4.78, 5) is 23.6. The second kappa shape index (κ2) is 3.52. The van der Waals surface area contributed by atoms with E-state index in [4.69, 9.17) is 0 Å². The van der Waals surface area contributed by atoms with Crippen LogP contribution in [-0.2, 0) is 9.59 Å². The van der Waals surface area contributed by atoms with Crippen LogP contribution in [0.4, 0.5) is 0 Å². The number of carbonyl (C=O) groups is 2. The van der Waals surface area contributed by atoms with Crippen LogP contribution in [0.15, 0.2) is 23.8 Å². The maximum absolute atomic E-state index is 11.9. The standard InChI is InChI=1S/C12H14O2/c1-2-8-7-11(13)9-5-3-4-6-10(9)12(8)14/h3-4,7,9-10H,2,5-6H2,1H3. The van der Waals surface area contributed by atoms with Crippen molar-refractivity contribution in [2.45, 2.75) is 26.2 Å². The lowest BCUT2D eigenvalue weighted by Crippen LogP contribution is -2.35. The molecular weight excluding hydrogens is 176 g/mol. The molecule has 0 bridgehead atoms. The second-order valence-electron chi connectivity index (χ2n) is 3.95. The van der Waals surface area contributed by atoms with Crippen molar-refractivity contribution < 1.29 is 9.59 Å². The van der Waals surface area contributed by atoms with Crippen molar-refractivity contribution in [3.8, 4) is 0 Å². The monoisotopic (exact) mass is 190 g/mol. The van der Waals surface area contributed by atoms with E-state index in [1.54, 1.807) is 6.08 Å². The minimum Gasteiger partial charge on any atom is -0.294 e. The van der Waals surface area contributed by atoms with Gasteiger partial charge in [-0.3, -0.25) is 9.59 Å². The Bertz CT molecular complexity index is 336. The lowest BCUT2D eigenvalue weighted by atomic mass is 9.72. The number of ketones is 2. The van der Waals surface area contributed by atoms with E-state index in [1.165, 1.54) is 0 Å². The molecule has 2 heteroatoms. The molecule has 0 N–H and O–H groups in total. The van der Waals surface area contributed by atoms with Crippen LogP contribution in [0.1, 0.15) is 26.2 Å². The summed E-state index contributed by atoms with van der Waals surface area (Å²) in [6, 6.07) is 0. The van der Waals surface area contributed by atoms with Crippen LogP contribution in [0.3, 0.4) is 0 Å². The van der Waals surface area contributed by atoms with Crippen LogP contribution in [0.2, 0.25) is 0 Å². The molecule has 2 aliphatic rings. The predicted octanol–water partition coefficient (Wildman–Crippen LogP) is 2.06. The van der Waals surface area contributed by atoms with Crippen LogP contribution in [0.5, 0.6) is 0 Å². The number of carbonyl (C=O) groups excluding carboxylic acids is 2. The molecule has 2 unspecified atom stereocenters. The number of allylic oxidation sites excluding steroid dienone is 4. The number of hydrogen-bond acceptors (Lipinski definition) is 2. The van der Waals surface area contributed by atoms with Gasteiger partial charge in [-0.05, 0) is 30.9 Å². The Hall–Kier alpha value is -1.18. The van der Waals surface area contributed by atoms with Crippen molar-refractivity contribution in [2.75, 3.05) is 0 Å². The largest absolute Gasteiger partial charge is 0.294 e.